The van der Waals surface area contributed by atoms with Crippen LogP contribution < -0.4 is 10.6 Å². The van der Waals surface area contributed by atoms with E-state index in [9.17, 15) is 4.79 Å². The largest absolute Gasteiger partial charge is 0.368 e. The number of piperazine rings is 1. The van der Waals surface area contributed by atoms with Crippen LogP contribution in [0, 0.1) is 0 Å². The summed E-state index contributed by atoms with van der Waals surface area (Å²) in [6.07, 6.45) is 3.67. The molecule has 27 heavy (non-hydrogen) atoms. The zero-order valence-electron chi connectivity index (χ0n) is 14.4. The molecule has 0 saturated carbocycles. The quantitative estimate of drug-likeness (QED) is 0.572. The fourth-order valence-corrected chi connectivity index (χ4v) is 4.18. The van der Waals surface area contributed by atoms with E-state index in [-0.39, 0.29) is 11.9 Å². The van der Waals surface area contributed by atoms with E-state index in [4.69, 9.17) is 5.73 Å². The smallest absolute Gasteiger partial charge is 0.274 e. The molecule has 5 heterocycles. The monoisotopic (exact) mass is 379 g/mol. The second-order valence-corrected chi connectivity index (χ2v) is 7.31. The van der Waals surface area contributed by atoms with Crippen molar-refractivity contribution in [1.29, 1.82) is 0 Å². The Labute approximate surface area is 158 Å². The summed E-state index contributed by atoms with van der Waals surface area (Å²) in [5.74, 6) is 1.09. The minimum Gasteiger partial charge on any atom is -0.368 e. The lowest BCUT2D eigenvalue weighted by molar-refractivity contribution is 0.0741. The van der Waals surface area contributed by atoms with Crippen LogP contribution in [-0.4, -0.2) is 56.3 Å². The molecule has 0 radical (unpaired) electrons. The Morgan fingerprint density at radius 3 is 2.74 bits per heavy atom. The molecule has 1 aliphatic heterocycles. The number of fused-ring (bicyclic) bond motifs is 2. The zero-order valence-corrected chi connectivity index (χ0v) is 15.3. The molecule has 1 aliphatic rings. The molecule has 1 fully saturated rings. The number of carbonyl (C=O) groups excluding carboxylic acids is 1. The van der Waals surface area contributed by atoms with Crippen molar-refractivity contribution in [1.82, 2.24) is 24.3 Å². The van der Waals surface area contributed by atoms with Gasteiger partial charge in [0, 0.05) is 38.6 Å². The normalized spacial score (nSPS) is 15.0. The van der Waals surface area contributed by atoms with Gasteiger partial charge in [-0.2, -0.15) is 4.98 Å². The summed E-state index contributed by atoms with van der Waals surface area (Å²) < 4.78 is 1.86. The van der Waals surface area contributed by atoms with Gasteiger partial charge in [-0.3, -0.25) is 4.79 Å². The Morgan fingerprint density at radius 2 is 1.93 bits per heavy atom. The van der Waals surface area contributed by atoms with E-state index in [0.29, 0.717) is 31.9 Å². The van der Waals surface area contributed by atoms with Crippen LogP contribution in [0.5, 0.6) is 0 Å². The molecule has 1 saturated heterocycles. The molecule has 0 bridgehead atoms. The van der Waals surface area contributed by atoms with Crippen LogP contribution in [0.3, 0.4) is 0 Å². The molecule has 1 amide bonds. The first-order valence-electron chi connectivity index (χ1n) is 8.68. The van der Waals surface area contributed by atoms with E-state index in [1.54, 1.807) is 17.5 Å². The van der Waals surface area contributed by atoms with Crippen LogP contribution in [0.25, 0.3) is 15.9 Å². The molecule has 0 aromatic carbocycles. The van der Waals surface area contributed by atoms with Gasteiger partial charge in [-0.15, -0.1) is 11.3 Å². The summed E-state index contributed by atoms with van der Waals surface area (Å²) >= 11 is 1.55. The Bertz CT molecular complexity index is 1110. The molecular weight excluding hydrogens is 362 g/mol. The third kappa shape index (κ3) is 2.76. The molecule has 9 heteroatoms. The number of rotatable bonds is 2. The van der Waals surface area contributed by atoms with Crippen molar-refractivity contribution >= 4 is 44.9 Å². The Hall–Kier alpha value is -3.20. The topological polar surface area (TPSA) is 92.7 Å². The Morgan fingerprint density at radius 1 is 1.07 bits per heavy atom. The molecule has 0 atom stereocenters. The number of nitrogens with two attached hydrogens (primary N) is 1. The van der Waals surface area contributed by atoms with E-state index in [1.165, 1.54) is 0 Å². The minimum absolute atomic E-state index is 0.0405. The predicted octanol–water partition coefficient (Wildman–Crippen LogP) is 1.88. The van der Waals surface area contributed by atoms with Crippen LogP contribution >= 0.6 is 11.3 Å². The molecular formula is C18H17N7OS. The molecule has 0 spiro atoms. The van der Waals surface area contributed by atoms with Crippen LogP contribution in [-0.2, 0) is 0 Å². The first-order valence-corrected chi connectivity index (χ1v) is 9.56. The fourth-order valence-electron chi connectivity index (χ4n) is 3.42. The number of amides is 1. The molecule has 4 aromatic rings. The molecule has 5 rings (SSSR count). The molecule has 136 valence electrons. The first kappa shape index (κ1) is 16.0. The van der Waals surface area contributed by atoms with Gasteiger partial charge in [-0.1, -0.05) is 6.07 Å². The van der Waals surface area contributed by atoms with Gasteiger partial charge in [-0.05, 0) is 23.6 Å². The number of imidazole rings is 1. The van der Waals surface area contributed by atoms with Crippen LogP contribution in [0.2, 0.25) is 0 Å². The van der Waals surface area contributed by atoms with Crippen molar-refractivity contribution in [2.45, 2.75) is 0 Å². The van der Waals surface area contributed by atoms with Gasteiger partial charge in [-0.25, -0.2) is 9.97 Å². The third-order valence-corrected chi connectivity index (χ3v) is 5.58. The van der Waals surface area contributed by atoms with Crippen molar-refractivity contribution in [2.75, 3.05) is 36.8 Å². The van der Waals surface area contributed by atoms with Crippen LogP contribution in [0.4, 0.5) is 11.8 Å². The third-order valence-electron chi connectivity index (χ3n) is 4.77. The van der Waals surface area contributed by atoms with E-state index < -0.39 is 0 Å². The summed E-state index contributed by atoms with van der Waals surface area (Å²) in [6.45, 7) is 2.62. The summed E-state index contributed by atoms with van der Waals surface area (Å²) in [6, 6.07) is 7.73. The van der Waals surface area contributed by atoms with E-state index in [1.807, 2.05) is 45.1 Å². The second-order valence-electron chi connectivity index (χ2n) is 6.42. The van der Waals surface area contributed by atoms with E-state index in [2.05, 4.69) is 19.9 Å². The van der Waals surface area contributed by atoms with E-state index >= 15 is 0 Å². The Kier molecular flexibility index (Phi) is 3.68. The van der Waals surface area contributed by atoms with Gasteiger partial charge in [0.25, 0.3) is 5.91 Å². The molecule has 8 nitrogen and oxygen atoms in total. The van der Waals surface area contributed by atoms with Crippen LogP contribution in [0.1, 0.15) is 10.5 Å². The van der Waals surface area contributed by atoms with Crippen molar-refractivity contribution < 1.29 is 4.79 Å². The first-order chi connectivity index (χ1) is 13.2. The van der Waals surface area contributed by atoms with E-state index in [0.717, 1.165) is 21.7 Å². The lowest BCUT2D eigenvalue weighted by Gasteiger charge is -2.35. The summed E-state index contributed by atoms with van der Waals surface area (Å²) in [5, 5.41) is 3.00. The SMILES string of the molecule is Nc1nc(N2CCN(C(=O)c3cn4ccccc4n3)CC2)c2ccsc2n1. The number of aromatic nitrogens is 4. The van der Waals surface area contributed by atoms with Crippen molar-refractivity contribution in [2.24, 2.45) is 0 Å². The number of hydrogen-bond acceptors (Lipinski definition) is 7. The summed E-state index contributed by atoms with van der Waals surface area (Å²) in [5.41, 5.74) is 7.11. The zero-order chi connectivity index (χ0) is 18.4. The standard InChI is InChI=1S/C18H17N7OS/c19-18-21-15(12-4-10-27-16(12)22-18)23-6-8-24(9-7-23)17(26)13-11-25-5-2-1-3-14(25)20-13/h1-5,10-11H,6-9H2,(H2,19,21,22). The fraction of sp³-hybridized carbons (Fsp3) is 0.222. The van der Waals surface area contributed by atoms with Crippen molar-refractivity contribution in [3.63, 3.8) is 0 Å². The lowest BCUT2D eigenvalue weighted by atomic mass is 10.2. The number of thiophene rings is 1. The highest BCUT2D eigenvalue weighted by Gasteiger charge is 2.26. The Balaban J connectivity index is 1.35. The molecule has 0 unspecified atom stereocenters. The summed E-state index contributed by atoms with van der Waals surface area (Å²) in [4.78, 5) is 30.9. The van der Waals surface area contributed by atoms with Crippen molar-refractivity contribution in [3.8, 4) is 0 Å². The van der Waals surface area contributed by atoms with Crippen molar-refractivity contribution in [3.05, 3.63) is 47.7 Å². The average molecular weight is 379 g/mol. The van der Waals surface area contributed by atoms with Gasteiger partial charge in [0.2, 0.25) is 5.95 Å². The van der Waals surface area contributed by atoms with Crippen LogP contribution in [0.15, 0.2) is 42.0 Å². The maximum atomic E-state index is 12.8. The number of hydrogen-bond donors (Lipinski definition) is 1. The number of anilines is 2. The van der Waals surface area contributed by atoms with Gasteiger partial charge in [0.05, 0.1) is 5.39 Å². The van der Waals surface area contributed by atoms with Gasteiger partial charge >= 0.3 is 0 Å². The highest BCUT2D eigenvalue weighted by molar-refractivity contribution is 7.16. The maximum absolute atomic E-state index is 12.8. The minimum atomic E-state index is -0.0405. The molecule has 2 N–H and O–H groups in total. The molecule has 0 aliphatic carbocycles. The van der Waals surface area contributed by atoms with Gasteiger partial charge in [0.1, 0.15) is 22.0 Å². The van der Waals surface area contributed by atoms with Gasteiger partial charge in [0.15, 0.2) is 0 Å². The number of nitrogen functional groups attached to an aromatic ring is 1. The highest BCUT2D eigenvalue weighted by Crippen LogP contribution is 2.29. The summed E-state index contributed by atoms with van der Waals surface area (Å²) in [7, 11) is 0. The number of nitrogens with zero attached hydrogens (tertiary/aromatic N) is 6. The number of pyridine rings is 1. The lowest BCUT2D eigenvalue weighted by Crippen LogP contribution is -2.49. The van der Waals surface area contributed by atoms with Gasteiger partial charge < -0.3 is 19.9 Å². The molecule has 4 aromatic heterocycles. The average Bonchev–Trinajstić information content (AvgIpc) is 3.33. The second kappa shape index (κ2) is 6.20. The number of carbonyl (C=O) groups is 1. The maximum Gasteiger partial charge on any atom is 0.274 e. The predicted molar refractivity (Wildman–Crippen MR) is 105 cm³/mol. The highest BCUT2D eigenvalue weighted by atomic mass is 32.1.